The van der Waals surface area contributed by atoms with Crippen molar-refractivity contribution in [1.82, 2.24) is 10.2 Å². The molecule has 2 heteroatoms. The van der Waals surface area contributed by atoms with Gasteiger partial charge < -0.3 is 5.32 Å². The summed E-state index contributed by atoms with van der Waals surface area (Å²) in [6.45, 7) is 14.6. The van der Waals surface area contributed by atoms with Crippen molar-refractivity contribution < 1.29 is 0 Å². The van der Waals surface area contributed by atoms with Gasteiger partial charge >= 0.3 is 0 Å². The highest BCUT2D eigenvalue weighted by molar-refractivity contribution is 4.94. The molecular formula is C16H32N2. The summed E-state index contributed by atoms with van der Waals surface area (Å²) in [5.41, 5.74) is 0.556. The van der Waals surface area contributed by atoms with Crippen LogP contribution in [0.15, 0.2) is 0 Å². The number of hydrogen-bond acceptors (Lipinski definition) is 2. The van der Waals surface area contributed by atoms with Crippen molar-refractivity contribution in [3.05, 3.63) is 0 Å². The largest absolute Gasteiger partial charge is 0.316 e. The number of nitrogens with zero attached hydrogens (tertiary/aromatic N) is 1. The Kier molecular flexibility index (Phi) is 4.71. The zero-order valence-corrected chi connectivity index (χ0v) is 12.8. The van der Waals surface area contributed by atoms with E-state index >= 15 is 0 Å². The lowest BCUT2D eigenvalue weighted by atomic mass is 9.86. The van der Waals surface area contributed by atoms with E-state index in [-0.39, 0.29) is 0 Å². The van der Waals surface area contributed by atoms with Gasteiger partial charge in [0.05, 0.1) is 0 Å². The van der Waals surface area contributed by atoms with E-state index in [1.54, 1.807) is 0 Å². The highest BCUT2D eigenvalue weighted by atomic mass is 15.2. The second-order valence-electron chi connectivity index (χ2n) is 7.60. The first-order chi connectivity index (χ1) is 8.49. The molecule has 2 fully saturated rings. The van der Waals surface area contributed by atoms with Crippen molar-refractivity contribution in [2.45, 2.75) is 59.4 Å². The minimum atomic E-state index is 0.556. The number of nitrogens with one attached hydrogen (secondary N) is 1. The van der Waals surface area contributed by atoms with Gasteiger partial charge in [0.2, 0.25) is 0 Å². The second-order valence-corrected chi connectivity index (χ2v) is 7.60. The van der Waals surface area contributed by atoms with Gasteiger partial charge in [0, 0.05) is 12.6 Å². The molecule has 1 saturated carbocycles. The molecule has 0 radical (unpaired) electrons. The molecule has 2 aliphatic rings. The van der Waals surface area contributed by atoms with E-state index in [0.717, 1.165) is 17.9 Å². The van der Waals surface area contributed by atoms with Crippen molar-refractivity contribution in [2.24, 2.45) is 17.3 Å². The standard InChI is InChI=1S/C16H32N2/c1-13(2)10-17-11-14-7-9-18(12-14)15-6-5-8-16(15,3)4/h13-15,17H,5-12H2,1-4H3. The van der Waals surface area contributed by atoms with Crippen molar-refractivity contribution in [1.29, 1.82) is 0 Å². The SMILES string of the molecule is CC(C)CNCC1CCN(C2CCCC2(C)C)C1. The third-order valence-electron chi connectivity index (χ3n) is 4.94. The van der Waals surface area contributed by atoms with Crippen LogP contribution >= 0.6 is 0 Å². The molecule has 2 nitrogen and oxygen atoms in total. The van der Waals surface area contributed by atoms with E-state index in [1.807, 2.05) is 0 Å². The lowest BCUT2D eigenvalue weighted by molar-refractivity contribution is 0.135. The molecule has 1 saturated heterocycles. The summed E-state index contributed by atoms with van der Waals surface area (Å²) in [6.07, 6.45) is 5.69. The predicted molar refractivity (Wildman–Crippen MR) is 78.8 cm³/mol. The van der Waals surface area contributed by atoms with E-state index in [4.69, 9.17) is 0 Å². The number of rotatable bonds is 5. The van der Waals surface area contributed by atoms with Crippen LogP contribution < -0.4 is 5.32 Å². The Morgan fingerprint density at radius 1 is 1.28 bits per heavy atom. The van der Waals surface area contributed by atoms with Crippen LogP contribution in [0.5, 0.6) is 0 Å². The zero-order chi connectivity index (χ0) is 13.2. The van der Waals surface area contributed by atoms with Crippen molar-refractivity contribution in [3.63, 3.8) is 0 Å². The number of likely N-dealkylation sites (tertiary alicyclic amines) is 1. The topological polar surface area (TPSA) is 15.3 Å². The summed E-state index contributed by atoms with van der Waals surface area (Å²) < 4.78 is 0. The Morgan fingerprint density at radius 2 is 2.06 bits per heavy atom. The normalized spacial score (nSPS) is 32.5. The third-order valence-corrected chi connectivity index (χ3v) is 4.94. The van der Waals surface area contributed by atoms with Crippen molar-refractivity contribution in [2.75, 3.05) is 26.2 Å². The summed E-state index contributed by atoms with van der Waals surface area (Å²) in [4.78, 5) is 2.79. The van der Waals surface area contributed by atoms with Crippen LogP contribution in [0, 0.1) is 17.3 Å². The molecule has 18 heavy (non-hydrogen) atoms. The summed E-state index contributed by atoms with van der Waals surface area (Å²) in [6, 6.07) is 0.854. The van der Waals surface area contributed by atoms with Gasteiger partial charge in [0.25, 0.3) is 0 Å². The van der Waals surface area contributed by atoms with Crippen LogP contribution in [0.2, 0.25) is 0 Å². The molecule has 2 rings (SSSR count). The molecule has 1 aliphatic carbocycles. The van der Waals surface area contributed by atoms with E-state index in [1.165, 1.54) is 51.9 Å². The Hall–Kier alpha value is -0.0800. The zero-order valence-electron chi connectivity index (χ0n) is 12.8. The van der Waals surface area contributed by atoms with E-state index in [9.17, 15) is 0 Å². The number of hydrogen-bond donors (Lipinski definition) is 1. The Morgan fingerprint density at radius 3 is 2.67 bits per heavy atom. The average Bonchev–Trinajstić information content (AvgIpc) is 2.83. The van der Waals surface area contributed by atoms with Crippen LogP contribution in [0.1, 0.15) is 53.4 Å². The molecule has 2 unspecified atom stereocenters. The molecule has 2 atom stereocenters. The van der Waals surface area contributed by atoms with Gasteiger partial charge in [-0.25, -0.2) is 0 Å². The molecule has 0 amide bonds. The molecule has 106 valence electrons. The minimum Gasteiger partial charge on any atom is -0.316 e. The first-order valence-corrected chi connectivity index (χ1v) is 7.94. The Bertz CT molecular complexity index is 260. The maximum absolute atomic E-state index is 3.63. The van der Waals surface area contributed by atoms with Gasteiger partial charge in [0.15, 0.2) is 0 Å². The summed E-state index contributed by atoms with van der Waals surface area (Å²) in [7, 11) is 0. The molecule has 0 bridgehead atoms. The summed E-state index contributed by atoms with van der Waals surface area (Å²) in [5, 5.41) is 3.63. The lowest BCUT2D eigenvalue weighted by Gasteiger charge is -2.35. The monoisotopic (exact) mass is 252 g/mol. The van der Waals surface area contributed by atoms with Crippen LogP contribution in [0.4, 0.5) is 0 Å². The van der Waals surface area contributed by atoms with Gasteiger partial charge in [-0.1, -0.05) is 34.1 Å². The minimum absolute atomic E-state index is 0.556. The lowest BCUT2D eigenvalue weighted by Crippen LogP contribution is -2.41. The fraction of sp³-hybridized carbons (Fsp3) is 1.00. The average molecular weight is 252 g/mol. The molecule has 0 aromatic heterocycles. The molecule has 0 spiro atoms. The Balaban J connectivity index is 1.74. The first-order valence-electron chi connectivity index (χ1n) is 7.94. The first kappa shape index (κ1) is 14.3. The fourth-order valence-electron chi connectivity index (χ4n) is 3.87. The van der Waals surface area contributed by atoms with Crippen molar-refractivity contribution >= 4 is 0 Å². The predicted octanol–water partition coefficient (Wildman–Crippen LogP) is 3.13. The maximum atomic E-state index is 3.63. The highest BCUT2D eigenvalue weighted by Gasteiger charge is 2.40. The summed E-state index contributed by atoms with van der Waals surface area (Å²) >= 11 is 0. The Labute approximate surface area is 114 Å². The van der Waals surface area contributed by atoms with Crippen LogP contribution in [-0.2, 0) is 0 Å². The van der Waals surface area contributed by atoms with E-state index in [0.29, 0.717) is 5.41 Å². The van der Waals surface area contributed by atoms with Crippen molar-refractivity contribution in [3.8, 4) is 0 Å². The van der Waals surface area contributed by atoms with Gasteiger partial charge in [-0.15, -0.1) is 0 Å². The van der Waals surface area contributed by atoms with E-state index < -0.39 is 0 Å². The maximum Gasteiger partial charge on any atom is 0.0146 e. The summed E-state index contributed by atoms with van der Waals surface area (Å²) in [5.74, 6) is 1.66. The van der Waals surface area contributed by atoms with Gasteiger partial charge in [-0.2, -0.15) is 0 Å². The fourth-order valence-corrected chi connectivity index (χ4v) is 3.87. The molecule has 1 aliphatic heterocycles. The van der Waals surface area contributed by atoms with Crippen LogP contribution in [-0.4, -0.2) is 37.1 Å². The second kappa shape index (κ2) is 5.92. The van der Waals surface area contributed by atoms with E-state index in [2.05, 4.69) is 37.9 Å². The van der Waals surface area contributed by atoms with Gasteiger partial charge in [0.1, 0.15) is 0 Å². The third kappa shape index (κ3) is 3.48. The molecule has 0 aromatic carbocycles. The molecular weight excluding hydrogens is 220 g/mol. The van der Waals surface area contributed by atoms with Gasteiger partial charge in [-0.3, -0.25) is 4.90 Å². The molecule has 0 aromatic rings. The smallest absolute Gasteiger partial charge is 0.0146 e. The molecule has 1 heterocycles. The quantitative estimate of drug-likeness (QED) is 0.809. The highest BCUT2D eigenvalue weighted by Crippen LogP contribution is 2.42. The van der Waals surface area contributed by atoms with Crippen LogP contribution in [0.25, 0.3) is 0 Å². The molecule has 1 N–H and O–H groups in total. The van der Waals surface area contributed by atoms with Gasteiger partial charge in [-0.05, 0) is 56.1 Å². The van der Waals surface area contributed by atoms with Crippen LogP contribution in [0.3, 0.4) is 0 Å².